The fraction of sp³-hybridized carbons (Fsp3) is 0.172. The highest BCUT2D eigenvalue weighted by atomic mass is 19.1. The lowest BCUT2D eigenvalue weighted by Gasteiger charge is -2.21. The minimum atomic E-state index is -0.372. The fourth-order valence-corrected chi connectivity index (χ4v) is 4.23. The van der Waals surface area contributed by atoms with Crippen LogP contribution in [0.5, 0.6) is 0 Å². The quantitative estimate of drug-likeness (QED) is 0.262. The molecule has 0 aliphatic heterocycles. The molecule has 1 amide bonds. The molecule has 0 fully saturated rings. The number of nitrogens with zero attached hydrogens (tertiary/aromatic N) is 2. The molecule has 0 saturated heterocycles. The van der Waals surface area contributed by atoms with E-state index in [2.05, 4.69) is 26.3 Å². The number of fused-ring (bicyclic) bond motifs is 1. The predicted molar refractivity (Wildman–Crippen MR) is 137 cm³/mol. The number of hydrogen-bond donors (Lipinski definition) is 2. The van der Waals surface area contributed by atoms with Crippen LogP contribution in [0, 0.1) is 11.6 Å². The van der Waals surface area contributed by atoms with Gasteiger partial charge in [0.15, 0.2) is 5.69 Å². The Balaban J connectivity index is 1.25. The Morgan fingerprint density at radius 3 is 2.38 bits per heavy atom. The van der Waals surface area contributed by atoms with Gasteiger partial charge in [0, 0.05) is 36.7 Å². The van der Waals surface area contributed by atoms with Crippen molar-refractivity contribution in [3.8, 4) is 0 Å². The summed E-state index contributed by atoms with van der Waals surface area (Å²) in [6.45, 7) is 1.90. The van der Waals surface area contributed by atoms with Crippen LogP contribution in [0.3, 0.4) is 0 Å². The molecule has 3 aromatic carbocycles. The lowest BCUT2D eigenvalue weighted by molar-refractivity contribution is 0.0945. The maximum Gasteiger partial charge on any atom is 0.273 e. The second-order valence-corrected chi connectivity index (χ2v) is 8.88. The monoisotopic (exact) mass is 500 g/mol. The first-order valence-corrected chi connectivity index (χ1v) is 12.0. The molecule has 6 nitrogen and oxygen atoms in total. The zero-order chi connectivity index (χ0) is 25.6. The van der Waals surface area contributed by atoms with Crippen LogP contribution < -0.4 is 5.32 Å². The zero-order valence-electron chi connectivity index (χ0n) is 20.1. The molecule has 0 unspecified atom stereocenters. The molecule has 0 radical (unpaired) electrons. The highest BCUT2D eigenvalue weighted by Crippen LogP contribution is 2.19. The van der Waals surface area contributed by atoms with Crippen molar-refractivity contribution in [1.82, 2.24) is 20.2 Å². The molecule has 2 aromatic heterocycles. The van der Waals surface area contributed by atoms with Gasteiger partial charge in [-0.3, -0.25) is 9.69 Å². The predicted octanol–water partition coefficient (Wildman–Crippen LogP) is 5.61. The van der Waals surface area contributed by atoms with Crippen LogP contribution in [0.1, 0.15) is 33.1 Å². The Morgan fingerprint density at radius 2 is 1.62 bits per heavy atom. The molecule has 0 aliphatic carbocycles. The average molecular weight is 501 g/mol. The molecule has 2 heterocycles. The molecule has 8 heteroatoms. The number of nitrogens with one attached hydrogen (secondary N) is 2. The number of H-pyrrole nitrogens is 1. The number of amides is 1. The average Bonchev–Trinajstić information content (AvgIpc) is 3.55. The topological polar surface area (TPSA) is 74.2 Å². The number of halogens is 2. The summed E-state index contributed by atoms with van der Waals surface area (Å²) >= 11 is 0. The van der Waals surface area contributed by atoms with Gasteiger partial charge < -0.3 is 14.7 Å². The normalized spacial score (nSPS) is 11.3. The maximum absolute atomic E-state index is 13.4. The first kappa shape index (κ1) is 24.4. The third-order valence-corrected chi connectivity index (χ3v) is 6.20. The Bertz CT molecular complexity index is 1480. The SMILES string of the molecule is O=C(NCc1ccc(F)cc1)c1coc(CN(CCc2c[nH]c3ccccc23)Cc2ccc(F)cc2)n1. The van der Waals surface area contributed by atoms with Crippen LogP contribution in [0.4, 0.5) is 8.78 Å². The summed E-state index contributed by atoms with van der Waals surface area (Å²) in [7, 11) is 0. The van der Waals surface area contributed by atoms with Crippen molar-refractivity contribution in [3.63, 3.8) is 0 Å². The molecule has 0 atom stereocenters. The van der Waals surface area contributed by atoms with Crippen molar-refractivity contribution in [2.45, 2.75) is 26.1 Å². The number of rotatable bonds is 10. The standard InChI is InChI=1S/C29H26F2N4O2/c30-23-9-5-20(6-10-23)15-33-29(36)27-19-37-28(34-27)18-35(17-21-7-11-24(31)12-8-21)14-13-22-16-32-26-4-2-1-3-25(22)26/h1-12,16,19,32H,13-15,17-18H2,(H,33,36). The minimum absolute atomic E-state index is 0.176. The molecule has 188 valence electrons. The van der Waals surface area contributed by atoms with Gasteiger partial charge in [-0.1, -0.05) is 42.5 Å². The van der Waals surface area contributed by atoms with Gasteiger partial charge in [0.05, 0.1) is 6.54 Å². The van der Waals surface area contributed by atoms with E-state index in [1.54, 1.807) is 24.3 Å². The highest BCUT2D eigenvalue weighted by Gasteiger charge is 2.16. The minimum Gasteiger partial charge on any atom is -0.447 e. The summed E-state index contributed by atoms with van der Waals surface area (Å²) in [5, 5.41) is 3.95. The molecular formula is C29H26F2N4O2. The molecule has 0 spiro atoms. The van der Waals surface area contributed by atoms with E-state index < -0.39 is 0 Å². The van der Waals surface area contributed by atoms with Crippen molar-refractivity contribution >= 4 is 16.8 Å². The fourth-order valence-electron chi connectivity index (χ4n) is 4.23. The number of carbonyl (C=O) groups is 1. The molecule has 37 heavy (non-hydrogen) atoms. The second kappa shape index (κ2) is 11.2. The summed E-state index contributed by atoms with van der Waals surface area (Å²) in [6, 6.07) is 20.5. The van der Waals surface area contributed by atoms with Gasteiger partial charge >= 0.3 is 0 Å². The van der Waals surface area contributed by atoms with Crippen molar-refractivity contribution in [2.24, 2.45) is 0 Å². The number of hydrogen-bond acceptors (Lipinski definition) is 4. The van der Waals surface area contributed by atoms with E-state index in [4.69, 9.17) is 4.42 Å². The Kier molecular flexibility index (Phi) is 7.37. The summed E-state index contributed by atoms with van der Waals surface area (Å²) < 4.78 is 32.1. The van der Waals surface area contributed by atoms with E-state index >= 15 is 0 Å². The maximum atomic E-state index is 13.4. The summed E-state index contributed by atoms with van der Waals surface area (Å²) in [5.41, 5.74) is 4.21. The van der Waals surface area contributed by atoms with Crippen LogP contribution in [-0.4, -0.2) is 27.3 Å². The number of carbonyl (C=O) groups excluding carboxylic acids is 1. The molecule has 2 N–H and O–H groups in total. The van der Waals surface area contributed by atoms with E-state index in [0.29, 0.717) is 25.5 Å². The van der Waals surface area contributed by atoms with Crippen molar-refractivity contribution in [2.75, 3.05) is 6.54 Å². The molecule has 5 rings (SSSR count). The summed E-state index contributed by atoms with van der Waals surface area (Å²) in [5.74, 6) is -0.569. The Morgan fingerprint density at radius 1 is 0.919 bits per heavy atom. The van der Waals surface area contributed by atoms with Crippen LogP contribution in [0.2, 0.25) is 0 Å². The first-order valence-electron chi connectivity index (χ1n) is 12.0. The van der Waals surface area contributed by atoms with Crippen molar-refractivity contribution in [3.05, 3.63) is 125 Å². The van der Waals surface area contributed by atoms with E-state index in [-0.39, 0.29) is 29.8 Å². The molecule has 0 aliphatic rings. The van der Waals surface area contributed by atoms with Gasteiger partial charge in [0.1, 0.15) is 17.9 Å². The van der Waals surface area contributed by atoms with E-state index in [1.165, 1.54) is 41.5 Å². The number of oxazole rings is 1. The van der Waals surface area contributed by atoms with Gasteiger partial charge in [-0.05, 0) is 53.4 Å². The van der Waals surface area contributed by atoms with E-state index in [0.717, 1.165) is 23.1 Å². The lowest BCUT2D eigenvalue weighted by atomic mass is 10.1. The molecule has 5 aromatic rings. The van der Waals surface area contributed by atoms with Crippen molar-refractivity contribution in [1.29, 1.82) is 0 Å². The Labute approximate surface area is 212 Å². The summed E-state index contributed by atoms with van der Waals surface area (Å²) in [4.78, 5) is 22.4. The smallest absolute Gasteiger partial charge is 0.273 e. The van der Waals surface area contributed by atoms with Gasteiger partial charge in [-0.25, -0.2) is 13.8 Å². The van der Waals surface area contributed by atoms with Crippen LogP contribution in [0.15, 0.2) is 89.7 Å². The number of aromatic nitrogens is 2. The molecular weight excluding hydrogens is 474 g/mol. The largest absolute Gasteiger partial charge is 0.447 e. The number of benzene rings is 3. The highest BCUT2D eigenvalue weighted by molar-refractivity contribution is 5.91. The van der Waals surface area contributed by atoms with Gasteiger partial charge in [0.2, 0.25) is 5.89 Å². The molecule has 0 saturated carbocycles. The van der Waals surface area contributed by atoms with Crippen molar-refractivity contribution < 1.29 is 18.0 Å². The Hall–Kier alpha value is -4.30. The van der Waals surface area contributed by atoms with Crippen LogP contribution in [0.25, 0.3) is 10.9 Å². The van der Waals surface area contributed by atoms with E-state index in [1.807, 2.05) is 24.4 Å². The second-order valence-electron chi connectivity index (χ2n) is 8.88. The van der Waals surface area contributed by atoms with E-state index in [9.17, 15) is 13.6 Å². The van der Waals surface area contributed by atoms with Gasteiger partial charge in [-0.2, -0.15) is 0 Å². The molecule has 0 bridgehead atoms. The zero-order valence-corrected chi connectivity index (χ0v) is 20.1. The summed E-state index contributed by atoms with van der Waals surface area (Å²) in [6.07, 6.45) is 4.15. The third-order valence-electron chi connectivity index (χ3n) is 6.20. The first-order chi connectivity index (χ1) is 18.0. The van der Waals surface area contributed by atoms with Gasteiger partial charge in [-0.15, -0.1) is 0 Å². The van der Waals surface area contributed by atoms with Gasteiger partial charge in [0.25, 0.3) is 5.91 Å². The van der Waals surface area contributed by atoms with Crippen LogP contribution in [-0.2, 0) is 26.1 Å². The number of para-hydroxylation sites is 1. The van der Waals surface area contributed by atoms with Crippen LogP contribution >= 0.6 is 0 Å². The lowest BCUT2D eigenvalue weighted by Crippen LogP contribution is -2.26. The third kappa shape index (κ3) is 6.29. The number of aromatic amines is 1.